The van der Waals surface area contributed by atoms with Crippen LogP contribution in [0.15, 0.2) is 42.5 Å². The molecule has 0 bridgehead atoms. The first kappa shape index (κ1) is 31.2. The predicted molar refractivity (Wildman–Crippen MR) is 148 cm³/mol. The van der Waals surface area contributed by atoms with Gasteiger partial charge in [0.25, 0.3) is 0 Å². The highest BCUT2D eigenvalue weighted by Crippen LogP contribution is 2.19. The maximum atomic E-state index is 13.9. The van der Waals surface area contributed by atoms with Crippen LogP contribution >= 0.6 is 0 Å². The van der Waals surface area contributed by atoms with Crippen molar-refractivity contribution < 1.29 is 28.3 Å². The van der Waals surface area contributed by atoms with Gasteiger partial charge in [-0.25, -0.2) is 8.78 Å². The summed E-state index contributed by atoms with van der Waals surface area (Å²) in [6.07, 6.45) is -0.254. The molecule has 2 aromatic rings. The molecule has 0 saturated carbocycles. The molecular formula is C30H40F2N4O4. The minimum atomic E-state index is -1.11. The van der Waals surface area contributed by atoms with Crippen molar-refractivity contribution in [3.05, 3.63) is 70.8 Å². The van der Waals surface area contributed by atoms with Crippen molar-refractivity contribution in [1.29, 1.82) is 0 Å². The van der Waals surface area contributed by atoms with Crippen molar-refractivity contribution in [2.45, 2.75) is 65.3 Å². The summed E-state index contributed by atoms with van der Waals surface area (Å²) < 4.78 is 27.7. The van der Waals surface area contributed by atoms with Crippen LogP contribution in [0.5, 0.6) is 0 Å². The SMILES string of the molecule is CCc1cccc(CNC[C@H](O)[C@H](Cc2cc(F)cc(F)c2)NC(=O)CN2CC(=O)N(CC)[C@H](C(C)C)C2=O)c1. The minimum absolute atomic E-state index is 0.0420. The molecule has 3 atom stereocenters. The third-order valence-corrected chi connectivity index (χ3v) is 7.12. The number of carbonyl (C=O) groups is 3. The van der Waals surface area contributed by atoms with Crippen LogP contribution in [0.1, 0.15) is 44.4 Å². The lowest BCUT2D eigenvalue weighted by Crippen LogP contribution is -2.63. The van der Waals surface area contributed by atoms with Crippen LogP contribution in [0.2, 0.25) is 0 Å². The Kier molecular flexibility index (Phi) is 11.2. The molecule has 0 spiro atoms. The van der Waals surface area contributed by atoms with Crippen LogP contribution in [-0.4, -0.2) is 77.0 Å². The molecule has 0 aliphatic carbocycles. The summed E-state index contributed by atoms with van der Waals surface area (Å²) in [6.45, 7) is 7.94. The fraction of sp³-hybridized carbons (Fsp3) is 0.500. The molecule has 1 aliphatic rings. The molecule has 8 nitrogen and oxygen atoms in total. The fourth-order valence-electron chi connectivity index (χ4n) is 5.12. The minimum Gasteiger partial charge on any atom is -0.390 e. The summed E-state index contributed by atoms with van der Waals surface area (Å²) in [5, 5.41) is 16.9. The number of hydrogen-bond acceptors (Lipinski definition) is 5. The van der Waals surface area contributed by atoms with E-state index in [-0.39, 0.29) is 49.4 Å². The number of aliphatic hydroxyl groups is 1. The van der Waals surface area contributed by atoms with Crippen molar-refractivity contribution in [3.63, 3.8) is 0 Å². The summed E-state index contributed by atoms with van der Waals surface area (Å²) >= 11 is 0. The molecular weight excluding hydrogens is 518 g/mol. The molecule has 1 heterocycles. The van der Waals surface area contributed by atoms with E-state index < -0.39 is 35.7 Å². The number of nitrogens with zero attached hydrogens (tertiary/aromatic N) is 2. The van der Waals surface area contributed by atoms with Gasteiger partial charge in [0.2, 0.25) is 17.7 Å². The fourth-order valence-corrected chi connectivity index (χ4v) is 5.12. The Morgan fingerprint density at radius 3 is 2.35 bits per heavy atom. The molecule has 3 amide bonds. The molecule has 1 saturated heterocycles. The van der Waals surface area contributed by atoms with Gasteiger partial charge in [-0.3, -0.25) is 14.4 Å². The number of piperazine rings is 1. The third kappa shape index (κ3) is 8.32. The summed E-state index contributed by atoms with van der Waals surface area (Å²) in [5.41, 5.74) is 2.49. The lowest BCUT2D eigenvalue weighted by molar-refractivity contribution is -0.158. The van der Waals surface area contributed by atoms with E-state index in [0.29, 0.717) is 13.1 Å². The van der Waals surface area contributed by atoms with Crippen molar-refractivity contribution in [2.24, 2.45) is 5.92 Å². The number of likely N-dealkylation sites (N-methyl/N-ethyl adjacent to an activating group) is 1. The zero-order chi connectivity index (χ0) is 29.4. The van der Waals surface area contributed by atoms with E-state index in [2.05, 4.69) is 23.6 Å². The smallest absolute Gasteiger partial charge is 0.246 e. The Labute approximate surface area is 234 Å². The van der Waals surface area contributed by atoms with Crippen molar-refractivity contribution in [1.82, 2.24) is 20.4 Å². The molecule has 0 radical (unpaired) electrons. The van der Waals surface area contributed by atoms with Crippen molar-refractivity contribution >= 4 is 17.7 Å². The van der Waals surface area contributed by atoms with Crippen LogP contribution in [0.4, 0.5) is 8.78 Å². The molecule has 1 fully saturated rings. The zero-order valence-corrected chi connectivity index (χ0v) is 23.6. The van der Waals surface area contributed by atoms with Gasteiger partial charge in [-0.05, 0) is 54.5 Å². The molecule has 0 unspecified atom stereocenters. The summed E-state index contributed by atoms with van der Waals surface area (Å²) in [6, 6.07) is 9.51. The highest BCUT2D eigenvalue weighted by Gasteiger charge is 2.41. The topological polar surface area (TPSA) is 102 Å². The molecule has 3 rings (SSSR count). The standard InChI is InChI=1S/C30H40F2N4O4/c1-5-20-8-7-9-21(10-20)15-33-16-26(37)25(13-22-11-23(31)14-24(32)12-22)34-27(38)17-35-18-28(39)36(6-2)29(19(3)4)30(35)40/h7-12,14,19,25-26,29,33,37H,5-6,13,15-18H2,1-4H3,(H,34,38)/t25-,26-,29+/m0/s1. The molecule has 0 aromatic heterocycles. The molecule has 218 valence electrons. The lowest BCUT2D eigenvalue weighted by Gasteiger charge is -2.41. The molecule has 2 aromatic carbocycles. The number of carbonyl (C=O) groups excluding carboxylic acids is 3. The van der Waals surface area contributed by atoms with Gasteiger partial charge >= 0.3 is 0 Å². The first-order chi connectivity index (χ1) is 19.0. The Morgan fingerprint density at radius 2 is 1.73 bits per heavy atom. The van der Waals surface area contributed by atoms with E-state index >= 15 is 0 Å². The van der Waals surface area contributed by atoms with Gasteiger partial charge in [0, 0.05) is 25.7 Å². The van der Waals surface area contributed by atoms with Gasteiger partial charge in [0.05, 0.1) is 12.1 Å². The number of hydrogen-bond donors (Lipinski definition) is 3. The van der Waals surface area contributed by atoms with Crippen LogP contribution in [-0.2, 0) is 33.8 Å². The zero-order valence-electron chi connectivity index (χ0n) is 23.6. The van der Waals surface area contributed by atoms with Crippen LogP contribution in [0.25, 0.3) is 0 Å². The Balaban J connectivity index is 1.70. The summed E-state index contributed by atoms with van der Waals surface area (Å²) in [4.78, 5) is 41.6. The summed E-state index contributed by atoms with van der Waals surface area (Å²) in [5.74, 6) is -2.79. The van der Waals surface area contributed by atoms with Gasteiger partial charge in [0.1, 0.15) is 30.8 Å². The van der Waals surface area contributed by atoms with E-state index in [1.54, 1.807) is 6.92 Å². The maximum Gasteiger partial charge on any atom is 0.246 e. The van der Waals surface area contributed by atoms with E-state index in [9.17, 15) is 28.3 Å². The largest absolute Gasteiger partial charge is 0.390 e. The Bertz CT molecular complexity index is 1170. The number of nitrogens with one attached hydrogen (secondary N) is 2. The number of aryl methyl sites for hydroxylation is 1. The maximum absolute atomic E-state index is 13.9. The number of halogens is 2. The Morgan fingerprint density at radius 1 is 1.05 bits per heavy atom. The first-order valence-electron chi connectivity index (χ1n) is 13.8. The average Bonchev–Trinajstić information content (AvgIpc) is 2.89. The van der Waals surface area contributed by atoms with E-state index in [0.717, 1.165) is 30.2 Å². The second-order valence-electron chi connectivity index (χ2n) is 10.6. The van der Waals surface area contributed by atoms with E-state index in [4.69, 9.17) is 0 Å². The highest BCUT2D eigenvalue weighted by molar-refractivity contribution is 5.97. The number of amides is 3. The van der Waals surface area contributed by atoms with E-state index in [1.807, 2.05) is 32.0 Å². The van der Waals surface area contributed by atoms with Gasteiger partial charge in [-0.1, -0.05) is 45.0 Å². The predicted octanol–water partition coefficient (Wildman–Crippen LogP) is 2.42. The Hall–Kier alpha value is -3.37. The number of rotatable bonds is 13. The summed E-state index contributed by atoms with van der Waals surface area (Å²) in [7, 11) is 0. The average molecular weight is 559 g/mol. The van der Waals surface area contributed by atoms with Gasteiger partial charge in [-0.2, -0.15) is 0 Å². The third-order valence-electron chi connectivity index (χ3n) is 7.12. The van der Waals surface area contributed by atoms with Crippen LogP contribution in [0.3, 0.4) is 0 Å². The first-order valence-corrected chi connectivity index (χ1v) is 13.8. The molecule has 3 N–H and O–H groups in total. The molecule has 1 aliphatic heterocycles. The van der Waals surface area contributed by atoms with Crippen LogP contribution in [0, 0.1) is 17.6 Å². The normalized spacial score (nSPS) is 17.4. The lowest BCUT2D eigenvalue weighted by atomic mass is 9.98. The second-order valence-corrected chi connectivity index (χ2v) is 10.6. The van der Waals surface area contributed by atoms with Gasteiger partial charge in [-0.15, -0.1) is 0 Å². The second kappa shape index (κ2) is 14.3. The van der Waals surface area contributed by atoms with Crippen LogP contribution < -0.4 is 10.6 Å². The quantitative estimate of drug-likeness (QED) is 0.351. The molecule has 10 heteroatoms. The number of aliphatic hydroxyl groups excluding tert-OH is 1. The van der Waals surface area contributed by atoms with Crippen molar-refractivity contribution in [2.75, 3.05) is 26.2 Å². The molecule has 40 heavy (non-hydrogen) atoms. The van der Waals surface area contributed by atoms with Crippen molar-refractivity contribution in [3.8, 4) is 0 Å². The van der Waals surface area contributed by atoms with Gasteiger partial charge in [0.15, 0.2) is 0 Å². The number of benzene rings is 2. The highest BCUT2D eigenvalue weighted by atomic mass is 19.1. The van der Waals surface area contributed by atoms with E-state index in [1.165, 1.54) is 15.4 Å². The van der Waals surface area contributed by atoms with Gasteiger partial charge < -0.3 is 25.5 Å². The monoisotopic (exact) mass is 558 g/mol.